The third-order valence-corrected chi connectivity index (χ3v) is 2.17. The van der Waals surface area contributed by atoms with E-state index in [-0.39, 0.29) is 0 Å². The van der Waals surface area contributed by atoms with Crippen LogP contribution in [0.4, 0.5) is 0 Å². The van der Waals surface area contributed by atoms with Crippen LogP contribution in [0.2, 0.25) is 10.2 Å². The van der Waals surface area contributed by atoms with Gasteiger partial charge in [-0.1, -0.05) is 23.2 Å². The molecule has 0 spiro atoms. The second-order valence-electron chi connectivity index (χ2n) is 2.67. The van der Waals surface area contributed by atoms with E-state index < -0.39 is 0 Å². The van der Waals surface area contributed by atoms with Gasteiger partial charge in [0.2, 0.25) is 0 Å². The van der Waals surface area contributed by atoms with Crippen molar-refractivity contribution in [3.8, 4) is 5.75 Å². The summed E-state index contributed by atoms with van der Waals surface area (Å²) >= 11 is 11.6. The first-order chi connectivity index (χ1) is 6.70. The zero-order valence-corrected chi connectivity index (χ0v) is 8.80. The summed E-state index contributed by atoms with van der Waals surface area (Å²) in [6.07, 6.45) is 1.54. The predicted octanol–water partition coefficient (Wildman–Crippen LogP) is 2.95. The van der Waals surface area contributed by atoms with E-state index in [0.29, 0.717) is 27.0 Å². The lowest BCUT2D eigenvalue weighted by Crippen LogP contribution is -1.90. The largest absolute Gasteiger partial charge is 0.494 e. The van der Waals surface area contributed by atoms with Crippen molar-refractivity contribution in [2.45, 2.75) is 0 Å². The van der Waals surface area contributed by atoms with Crippen molar-refractivity contribution in [1.82, 2.24) is 9.97 Å². The molecule has 0 N–H and O–H groups in total. The molecular weight excluding hydrogens is 223 g/mol. The van der Waals surface area contributed by atoms with Gasteiger partial charge in [-0.25, -0.2) is 9.97 Å². The Bertz CT molecular complexity index is 482. The maximum atomic E-state index is 5.79. The Morgan fingerprint density at radius 1 is 1.29 bits per heavy atom. The number of ether oxygens (including phenoxy) is 1. The average Bonchev–Trinajstić information content (AvgIpc) is 2.15. The van der Waals surface area contributed by atoms with E-state index in [4.69, 9.17) is 27.9 Å². The van der Waals surface area contributed by atoms with E-state index in [0.717, 1.165) is 0 Å². The van der Waals surface area contributed by atoms with Crippen LogP contribution in [0.25, 0.3) is 11.0 Å². The summed E-state index contributed by atoms with van der Waals surface area (Å²) < 4.78 is 5.12. The minimum absolute atomic E-state index is 0.360. The van der Waals surface area contributed by atoms with Crippen LogP contribution in [0.15, 0.2) is 18.3 Å². The molecule has 0 saturated heterocycles. The summed E-state index contributed by atoms with van der Waals surface area (Å²) in [4.78, 5) is 8.20. The van der Waals surface area contributed by atoms with Crippen molar-refractivity contribution in [2.24, 2.45) is 0 Å². The first kappa shape index (κ1) is 9.49. The van der Waals surface area contributed by atoms with Gasteiger partial charge in [-0.05, 0) is 6.07 Å². The molecule has 72 valence electrons. The second-order valence-corrected chi connectivity index (χ2v) is 3.49. The Labute approximate surface area is 90.6 Å². The molecule has 2 aromatic heterocycles. The Balaban J connectivity index is 2.81. The minimum atomic E-state index is 0.360. The lowest BCUT2D eigenvalue weighted by Gasteiger charge is -2.04. The number of methoxy groups -OCH3 is 1. The van der Waals surface area contributed by atoms with Gasteiger partial charge >= 0.3 is 0 Å². The van der Waals surface area contributed by atoms with Gasteiger partial charge in [0.05, 0.1) is 17.6 Å². The summed E-state index contributed by atoms with van der Waals surface area (Å²) in [6.45, 7) is 0. The predicted molar refractivity (Wildman–Crippen MR) is 56.1 cm³/mol. The molecule has 0 aliphatic carbocycles. The van der Waals surface area contributed by atoms with Crippen LogP contribution >= 0.6 is 23.2 Å². The Kier molecular flexibility index (Phi) is 2.44. The third-order valence-electron chi connectivity index (χ3n) is 1.76. The number of hydrogen-bond acceptors (Lipinski definition) is 3. The molecule has 14 heavy (non-hydrogen) atoms. The maximum Gasteiger partial charge on any atom is 0.149 e. The molecule has 2 rings (SSSR count). The number of rotatable bonds is 1. The SMILES string of the molecule is COc1cc(Cl)nc2cc(Cl)cnc12. The quantitative estimate of drug-likeness (QED) is 0.705. The molecule has 0 atom stereocenters. The third kappa shape index (κ3) is 1.61. The van der Waals surface area contributed by atoms with Crippen LogP contribution in [0, 0.1) is 0 Å². The summed E-state index contributed by atoms with van der Waals surface area (Å²) in [5.74, 6) is 0.594. The summed E-state index contributed by atoms with van der Waals surface area (Å²) in [6, 6.07) is 3.31. The molecule has 0 aliphatic rings. The van der Waals surface area contributed by atoms with Crippen molar-refractivity contribution < 1.29 is 4.74 Å². The van der Waals surface area contributed by atoms with Gasteiger partial charge in [0, 0.05) is 12.3 Å². The van der Waals surface area contributed by atoms with Crippen molar-refractivity contribution in [3.05, 3.63) is 28.5 Å². The van der Waals surface area contributed by atoms with Gasteiger partial charge in [0.15, 0.2) is 0 Å². The van der Waals surface area contributed by atoms with E-state index in [1.54, 1.807) is 25.4 Å². The fourth-order valence-corrected chi connectivity index (χ4v) is 1.53. The summed E-state index contributed by atoms with van der Waals surface area (Å²) in [7, 11) is 1.56. The van der Waals surface area contributed by atoms with Gasteiger partial charge in [-0.2, -0.15) is 0 Å². The van der Waals surface area contributed by atoms with Crippen LogP contribution in [0.5, 0.6) is 5.75 Å². The molecule has 2 heterocycles. The first-order valence-corrected chi connectivity index (χ1v) is 4.62. The van der Waals surface area contributed by atoms with Crippen LogP contribution in [0.3, 0.4) is 0 Å². The van der Waals surface area contributed by atoms with Crippen LogP contribution in [0.1, 0.15) is 0 Å². The number of hydrogen-bond donors (Lipinski definition) is 0. The molecular formula is C9H6Cl2N2O. The molecule has 0 bridgehead atoms. The molecule has 2 aromatic rings. The van der Waals surface area contributed by atoms with Gasteiger partial charge in [-0.3, -0.25) is 0 Å². The van der Waals surface area contributed by atoms with Gasteiger partial charge in [0.1, 0.15) is 16.4 Å². The molecule has 0 aromatic carbocycles. The zero-order chi connectivity index (χ0) is 10.1. The van der Waals surface area contributed by atoms with Crippen molar-refractivity contribution in [1.29, 1.82) is 0 Å². The van der Waals surface area contributed by atoms with Crippen molar-refractivity contribution in [3.63, 3.8) is 0 Å². The zero-order valence-electron chi connectivity index (χ0n) is 7.29. The summed E-state index contributed by atoms with van der Waals surface area (Å²) in [5.41, 5.74) is 1.28. The van der Waals surface area contributed by atoms with E-state index in [1.165, 1.54) is 0 Å². The normalized spacial score (nSPS) is 10.5. The average molecular weight is 229 g/mol. The van der Waals surface area contributed by atoms with Crippen LogP contribution in [-0.4, -0.2) is 17.1 Å². The first-order valence-electron chi connectivity index (χ1n) is 3.86. The highest BCUT2D eigenvalue weighted by atomic mass is 35.5. The lowest BCUT2D eigenvalue weighted by atomic mass is 10.3. The second kappa shape index (κ2) is 3.59. The number of aromatic nitrogens is 2. The maximum absolute atomic E-state index is 5.79. The van der Waals surface area contributed by atoms with E-state index in [1.807, 2.05) is 0 Å². The van der Waals surface area contributed by atoms with Crippen LogP contribution < -0.4 is 4.74 Å². The molecule has 0 aliphatic heterocycles. The van der Waals surface area contributed by atoms with Gasteiger partial charge < -0.3 is 4.74 Å². The molecule has 0 amide bonds. The smallest absolute Gasteiger partial charge is 0.149 e. The molecule has 5 heteroatoms. The number of halogens is 2. The number of pyridine rings is 2. The Morgan fingerprint density at radius 2 is 2.07 bits per heavy atom. The highest BCUT2D eigenvalue weighted by molar-refractivity contribution is 6.31. The monoisotopic (exact) mass is 228 g/mol. The van der Waals surface area contributed by atoms with Crippen LogP contribution in [-0.2, 0) is 0 Å². The fourth-order valence-electron chi connectivity index (χ4n) is 1.18. The summed E-state index contributed by atoms with van der Waals surface area (Å²) in [5, 5.41) is 0.882. The lowest BCUT2D eigenvalue weighted by molar-refractivity contribution is 0.418. The molecule has 3 nitrogen and oxygen atoms in total. The molecule has 0 fully saturated rings. The van der Waals surface area contributed by atoms with Crippen molar-refractivity contribution >= 4 is 34.2 Å². The number of fused-ring (bicyclic) bond motifs is 1. The van der Waals surface area contributed by atoms with Crippen molar-refractivity contribution in [2.75, 3.05) is 7.11 Å². The van der Waals surface area contributed by atoms with E-state index >= 15 is 0 Å². The minimum Gasteiger partial charge on any atom is -0.494 e. The molecule has 0 radical (unpaired) electrons. The fraction of sp³-hybridized carbons (Fsp3) is 0.111. The Hall–Kier alpha value is -1.06. The molecule has 0 saturated carbocycles. The van der Waals surface area contributed by atoms with E-state index in [9.17, 15) is 0 Å². The van der Waals surface area contributed by atoms with E-state index in [2.05, 4.69) is 9.97 Å². The number of nitrogens with zero attached hydrogens (tertiary/aromatic N) is 2. The highest BCUT2D eigenvalue weighted by Gasteiger charge is 2.06. The van der Waals surface area contributed by atoms with Gasteiger partial charge in [-0.15, -0.1) is 0 Å². The highest BCUT2D eigenvalue weighted by Crippen LogP contribution is 2.26. The van der Waals surface area contributed by atoms with Gasteiger partial charge in [0.25, 0.3) is 0 Å². The standard InChI is InChI=1S/C9H6Cl2N2O/c1-14-7-3-8(11)13-6-2-5(10)4-12-9(6)7/h2-4H,1H3. The Morgan fingerprint density at radius 3 is 2.79 bits per heavy atom. The molecule has 0 unspecified atom stereocenters. The topological polar surface area (TPSA) is 35.0 Å².